The zero-order chi connectivity index (χ0) is 51.8. The van der Waals surface area contributed by atoms with Crippen LogP contribution in [0.5, 0.6) is 0 Å². The van der Waals surface area contributed by atoms with Crippen LogP contribution in [0, 0.1) is 0 Å². The largest absolute Gasteiger partial charge is 0.444 e. The number of aliphatic hydroxyl groups excluding tert-OH is 2. The fourth-order valence-electron chi connectivity index (χ4n) is 9.51. The van der Waals surface area contributed by atoms with Crippen LogP contribution in [0.3, 0.4) is 0 Å². The summed E-state index contributed by atoms with van der Waals surface area (Å²) in [6.45, 7) is 22.2. The van der Waals surface area contributed by atoms with Crippen LogP contribution in [0.4, 0.5) is 9.59 Å². The summed E-state index contributed by atoms with van der Waals surface area (Å²) in [5.74, 6) is 0. The molecule has 2 atom stereocenters. The highest BCUT2D eigenvalue weighted by atomic mass is 16.6. The van der Waals surface area contributed by atoms with E-state index in [0.717, 1.165) is 77.5 Å². The van der Waals surface area contributed by atoms with Crippen molar-refractivity contribution in [1.82, 2.24) is 20.4 Å². The fourth-order valence-corrected chi connectivity index (χ4v) is 9.51. The van der Waals surface area contributed by atoms with Crippen molar-refractivity contribution in [2.24, 2.45) is 0 Å². The molecule has 0 aliphatic heterocycles. The van der Waals surface area contributed by atoms with Gasteiger partial charge in [0.1, 0.15) is 11.2 Å². The molecule has 2 amide bonds. The lowest BCUT2D eigenvalue weighted by Gasteiger charge is -2.25. The number of unbranched alkanes of at least 4 members (excludes halogenated alkanes) is 31. The Labute approximate surface area is 435 Å². The van der Waals surface area contributed by atoms with Gasteiger partial charge in [-0.05, 0) is 106 Å². The van der Waals surface area contributed by atoms with Gasteiger partial charge in [0, 0.05) is 26.2 Å². The van der Waals surface area contributed by atoms with Crippen LogP contribution in [0.15, 0.2) is 0 Å². The lowest BCUT2D eigenvalue weighted by molar-refractivity contribution is 0.0512. The molecule has 418 valence electrons. The number of nitrogens with one attached hydrogen (secondary N) is 2. The molecule has 0 heterocycles. The summed E-state index contributed by atoms with van der Waals surface area (Å²) in [5, 5.41) is 27.8. The maximum absolute atomic E-state index is 12.2. The molecule has 0 aliphatic carbocycles. The molecule has 0 saturated carbocycles. The van der Waals surface area contributed by atoms with E-state index in [2.05, 4.69) is 34.3 Å². The normalized spacial score (nSPS) is 13.0. The zero-order valence-corrected chi connectivity index (χ0v) is 48.1. The van der Waals surface area contributed by atoms with Gasteiger partial charge in [-0.15, -0.1) is 0 Å². The van der Waals surface area contributed by atoms with Gasteiger partial charge in [0.05, 0.1) is 12.2 Å². The molecule has 2 unspecified atom stereocenters. The third-order valence-corrected chi connectivity index (χ3v) is 13.6. The number of aliphatic hydroxyl groups is 2. The van der Waals surface area contributed by atoms with Crippen LogP contribution >= 0.6 is 0 Å². The summed E-state index contributed by atoms with van der Waals surface area (Å²) in [6.07, 6.45) is 46.4. The molecule has 0 aromatic heterocycles. The van der Waals surface area contributed by atoms with Gasteiger partial charge >= 0.3 is 12.2 Å². The van der Waals surface area contributed by atoms with Gasteiger partial charge in [-0.3, -0.25) is 0 Å². The van der Waals surface area contributed by atoms with Crippen molar-refractivity contribution in [2.75, 3.05) is 52.4 Å². The molecule has 0 bridgehead atoms. The van der Waals surface area contributed by atoms with Crippen LogP contribution in [0.2, 0.25) is 0 Å². The van der Waals surface area contributed by atoms with E-state index in [1.165, 1.54) is 193 Å². The number of hydrogen-bond acceptors (Lipinski definition) is 8. The number of alkyl carbamates (subject to hydrolysis) is 2. The van der Waals surface area contributed by atoms with Gasteiger partial charge in [-0.1, -0.05) is 219 Å². The Kier molecular flexibility index (Phi) is 47.2. The minimum absolute atomic E-state index is 0.293. The first kappa shape index (κ1) is 68.4. The lowest BCUT2D eigenvalue weighted by atomic mass is 10.0. The lowest BCUT2D eigenvalue weighted by Crippen LogP contribution is -2.37. The van der Waals surface area contributed by atoms with Crippen LogP contribution in [0.25, 0.3) is 0 Å². The first-order valence-electron chi connectivity index (χ1n) is 30.4. The number of ether oxygens (including phenoxy) is 2. The molecular weight excluding hydrogens is 873 g/mol. The molecule has 0 aromatic carbocycles. The average molecular weight is 996 g/mol. The Hall–Kier alpha value is -1.62. The maximum atomic E-state index is 12.2. The van der Waals surface area contributed by atoms with E-state index in [1.807, 2.05) is 41.5 Å². The second kappa shape index (κ2) is 48.3. The summed E-state index contributed by atoms with van der Waals surface area (Å²) in [6, 6.07) is 0. The molecule has 0 aliphatic rings. The predicted molar refractivity (Wildman–Crippen MR) is 300 cm³/mol. The minimum Gasteiger partial charge on any atom is -0.444 e. The summed E-state index contributed by atoms with van der Waals surface area (Å²) < 4.78 is 10.8. The quantitative estimate of drug-likeness (QED) is 0.0444. The smallest absolute Gasteiger partial charge is 0.407 e. The van der Waals surface area contributed by atoms with Gasteiger partial charge < -0.3 is 40.1 Å². The van der Waals surface area contributed by atoms with E-state index < -0.39 is 11.2 Å². The molecule has 0 rings (SSSR count). The first-order valence-corrected chi connectivity index (χ1v) is 30.4. The van der Waals surface area contributed by atoms with Gasteiger partial charge in [0.25, 0.3) is 0 Å². The number of carbonyl (C=O) groups excluding carboxylic acids is 2. The van der Waals surface area contributed by atoms with Gasteiger partial charge in [0.15, 0.2) is 0 Å². The van der Waals surface area contributed by atoms with E-state index in [-0.39, 0.29) is 24.4 Å². The monoisotopic (exact) mass is 995 g/mol. The predicted octanol–water partition coefficient (Wildman–Crippen LogP) is 16.2. The fraction of sp³-hybridized carbons (Fsp3) is 0.967. The highest BCUT2D eigenvalue weighted by Gasteiger charge is 2.18. The van der Waals surface area contributed by atoms with E-state index in [1.54, 1.807) is 0 Å². The Morgan fingerprint density at radius 3 is 0.857 bits per heavy atom. The van der Waals surface area contributed by atoms with Crippen molar-refractivity contribution < 1.29 is 29.3 Å². The number of nitrogens with zero attached hydrogens (tertiary/aromatic N) is 2. The topological polar surface area (TPSA) is 124 Å². The summed E-state index contributed by atoms with van der Waals surface area (Å²) >= 11 is 0. The van der Waals surface area contributed by atoms with Crippen molar-refractivity contribution in [1.29, 1.82) is 0 Å². The molecule has 10 nitrogen and oxygen atoms in total. The molecular formula is C60H122N4O6. The number of hydrogen-bond donors (Lipinski definition) is 4. The zero-order valence-electron chi connectivity index (χ0n) is 48.1. The highest BCUT2D eigenvalue weighted by Crippen LogP contribution is 2.17. The molecule has 0 fully saturated rings. The van der Waals surface area contributed by atoms with Gasteiger partial charge in [0.2, 0.25) is 0 Å². The number of amides is 2. The summed E-state index contributed by atoms with van der Waals surface area (Å²) in [7, 11) is 0. The first-order chi connectivity index (χ1) is 33.6. The van der Waals surface area contributed by atoms with Crippen molar-refractivity contribution in [2.45, 2.75) is 323 Å². The molecule has 70 heavy (non-hydrogen) atoms. The Morgan fingerprint density at radius 1 is 0.371 bits per heavy atom. The van der Waals surface area contributed by atoms with E-state index >= 15 is 0 Å². The number of carbonyl (C=O) groups is 2. The third kappa shape index (κ3) is 52.7. The molecule has 4 N–H and O–H groups in total. The Morgan fingerprint density at radius 2 is 0.600 bits per heavy atom. The molecule has 0 spiro atoms. The third-order valence-electron chi connectivity index (χ3n) is 13.6. The number of rotatable bonds is 51. The van der Waals surface area contributed by atoms with Crippen LogP contribution in [-0.4, -0.2) is 108 Å². The van der Waals surface area contributed by atoms with Crippen molar-refractivity contribution >= 4 is 12.2 Å². The van der Waals surface area contributed by atoms with Crippen LogP contribution in [-0.2, 0) is 9.47 Å². The standard InChI is InChI=1S/C60H122N4O6/c1-9-11-13-15-17-19-21-23-27-31-35-39-45-55(65)53-63(51-43-47-61-57(67)69-59(3,4)5)49-41-37-33-29-25-26-30-34-38-42-50-64(52-44-48-62-58(68)70-60(6,7)8)54-56(66)46-40-36-32-28-24-22-20-18-16-14-12-10-2/h55-56,65-66H,9-54H2,1-8H3,(H,61,67)(H,62,68). The maximum Gasteiger partial charge on any atom is 0.407 e. The molecule has 0 aromatic rings. The Balaban J connectivity index is 4.51. The SMILES string of the molecule is CCCCCCCCCCCCCCC(O)CN(CCCCCCCCCCCCN(CCCNC(=O)OC(C)(C)C)CC(O)CCCCCCCCCCCCCC)CCCNC(=O)OC(C)(C)C. The van der Waals surface area contributed by atoms with Crippen molar-refractivity contribution in [3.05, 3.63) is 0 Å². The minimum atomic E-state index is -0.500. The second-order valence-corrected chi connectivity index (χ2v) is 23.4. The van der Waals surface area contributed by atoms with Crippen molar-refractivity contribution in [3.8, 4) is 0 Å². The highest BCUT2D eigenvalue weighted by molar-refractivity contribution is 5.67. The van der Waals surface area contributed by atoms with Crippen LogP contribution < -0.4 is 10.6 Å². The van der Waals surface area contributed by atoms with Gasteiger partial charge in [-0.2, -0.15) is 0 Å². The molecule has 0 radical (unpaired) electrons. The van der Waals surface area contributed by atoms with E-state index in [9.17, 15) is 19.8 Å². The van der Waals surface area contributed by atoms with Crippen LogP contribution in [0.1, 0.15) is 299 Å². The van der Waals surface area contributed by atoms with Crippen molar-refractivity contribution in [3.63, 3.8) is 0 Å². The molecule has 0 saturated heterocycles. The van der Waals surface area contributed by atoms with E-state index in [4.69, 9.17) is 9.47 Å². The Bertz CT molecular complexity index is 1040. The summed E-state index contributed by atoms with van der Waals surface area (Å²) in [5.41, 5.74) is -1.00. The molecule has 10 heteroatoms. The van der Waals surface area contributed by atoms with E-state index in [0.29, 0.717) is 26.2 Å². The second-order valence-electron chi connectivity index (χ2n) is 23.4. The average Bonchev–Trinajstić information content (AvgIpc) is 3.28. The summed E-state index contributed by atoms with van der Waals surface area (Å²) in [4.78, 5) is 29.2. The van der Waals surface area contributed by atoms with Gasteiger partial charge in [-0.25, -0.2) is 9.59 Å².